The molecule has 0 radical (unpaired) electrons. The number of benzene rings is 2. The smallest absolute Gasteiger partial charge is 0.265 e. The Labute approximate surface area is 132 Å². The van der Waals surface area contributed by atoms with Crippen LogP contribution in [0.4, 0.5) is 9.39 Å². The molecule has 1 aromatic heterocycles. The molecule has 6 heteroatoms. The summed E-state index contributed by atoms with van der Waals surface area (Å²) in [4.78, 5) is -0.359. The van der Waals surface area contributed by atoms with Crippen molar-refractivity contribution in [2.45, 2.75) is 4.90 Å². The van der Waals surface area contributed by atoms with Crippen LogP contribution in [0.1, 0.15) is 0 Å². The second-order valence-electron chi connectivity index (χ2n) is 4.57. The van der Waals surface area contributed by atoms with Crippen molar-refractivity contribution in [1.29, 1.82) is 0 Å². The van der Waals surface area contributed by atoms with Gasteiger partial charge in [0.2, 0.25) is 0 Å². The summed E-state index contributed by atoms with van der Waals surface area (Å²) in [6.07, 6.45) is 0. The highest BCUT2D eigenvalue weighted by molar-refractivity contribution is 7.93. The van der Waals surface area contributed by atoms with Crippen molar-refractivity contribution in [2.75, 3.05) is 4.72 Å². The van der Waals surface area contributed by atoms with Crippen LogP contribution in [0, 0.1) is 5.82 Å². The number of thiophene rings is 1. The lowest BCUT2D eigenvalue weighted by atomic mass is 10.1. The zero-order valence-electron chi connectivity index (χ0n) is 11.4. The molecule has 1 N–H and O–H groups in total. The number of hydrogen-bond donors (Lipinski definition) is 1. The van der Waals surface area contributed by atoms with Crippen LogP contribution < -0.4 is 4.72 Å². The first kappa shape index (κ1) is 14.7. The van der Waals surface area contributed by atoms with Gasteiger partial charge in [0, 0.05) is 5.56 Å². The van der Waals surface area contributed by atoms with Crippen LogP contribution in [-0.4, -0.2) is 8.42 Å². The Balaban J connectivity index is 2.05. The highest BCUT2D eigenvalue weighted by Crippen LogP contribution is 2.29. The highest BCUT2D eigenvalue weighted by Gasteiger charge is 2.22. The molecule has 0 aliphatic rings. The molecule has 0 amide bonds. The Morgan fingerprint density at radius 3 is 2.36 bits per heavy atom. The fourth-order valence-electron chi connectivity index (χ4n) is 2.08. The van der Waals surface area contributed by atoms with Crippen LogP contribution >= 0.6 is 11.3 Å². The topological polar surface area (TPSA) is 46.2 Å². The summed E-state index contributed by atoms with van der Waals surface area (Å²) in [6.45, 7) is 0. The monoisotopic (exact) mass is 333 g/mol. The van der Waals surface area contributed by atoms with Crippen molar-refractivity contribution in [3.05, 3.63) is 71.9 Å². The molecule has 0 bridgehead atoms. The first-order chi connectivity index (χ1) is 10.6. The Morgan fingerprint density at radius 1 is 0.909 bits per heavy atom. The van der Waals surface area contributed by atoms with E-state index in [2.05, 4.69) is 4.72 Å². The number of halogens is 1. The van der Waals surface area contributed by atoms with Gasteiger partial charge in [0.05, 0.1) is 0 Å². The van der Waals surface area contributed by atoms with E-state index in [1.165, 1.54) is 23.5 Å². The van der Waals surface area contributed by atoms with E-state index in [1.54, 1.807) is 47.8 Å². The number of nitrogens with one attached hydrogen (secondary N) is 1. The molecule has 0 aliphatic heterocycles. The van der Waals surface area contributed by atoms with Gasteiger partial charge in [-0.1, -0.05) is 42.5 Å². The molecule has 3 nitrogen and oxygen atoms in total. The summed E-state index contributed by atoms with van der Waals surface area (Å²) < 4.78 is 41.8. The third-order valence-corrected chi connectivity index (χ3v) is 5.39. The molecule has 22 heavy (non-hydrogen) atoms. The second-order valence-corrected chi connectivity index (χ2v) is 7.17. The minimum atomic E-state index is -3.96. The molecule has 0 spiro atoms. The molecule has 1 heterocycles. The maximum atomic E-state index is 14.7. The highest BCUT2D eigenvalue weighted by atomic mass is 32.2. The van der Waals surface area contributed by atoms with Gasteiger partial charge in [0.1, 0.15) is 9.90 Å². The van der Waals surface area contributed by atoms with Gasteiger partial charge in [-0.05, 0) is 29.1 Å². The zero-order chi connectivity index (χ0) is 15.6. The summed E-state index contributed by atoms with van der Waals surface area (Å²) in [6, 6.07) is 16.6. The van der Waals surface area contributed by atoms with Gasteiger partial charge in [-0.2, -0.15) is 0 Å². The molecule has 2 aromatic carbocycles. The Hall–Kier alpha value is -2.18. The number of sulfonamides is 1. The summed E-state index contributed by atoms with van der Waals surface area (Å²) in [5, 5.41) is 2.19. The van der Waals surface area contributed by atoms with Gasteiger partial charge in [-0.25, -0.2) is 12.8 Å². The molecule has 0 fully saturated rings. The van der Waals surface area contributed by atoms with Crippen LogP contribution in [0.15, 0.2) is 70.9 Å². The molecule has 0 unspecified atom stereocenters. The van der Waals surface area contributed by atoms with Crippen molar-refractivity contribution in [1.82, 2.24) is 0 Å². The minimum absolute atomic E-state index is 0.259. The summed E-state index contributed by atoms with van der Waals surface area (Å²) >= 11 is 1.24. The molecule has 0 aliphatic carbocycles. The summed E-state index contributed by atoms with van der Waals surface area (Å²) in [7, 11) is -3.96. The lowest BCUT2D eigenvalue weighted by Crippen LogP contribution is -2.14. The van der Waals surface area contributed by atoms with Crippen molar-refractivity contribution < 1.29 is 12.8 Å². The Bertz CT molecular complexity index is 876. The van der Waals surface area contributed by atoms with Crippen molar-refractivity contribution in [2.24, 2.45) is 0 Å². The molecular weight excluding hydrogens is 321 g/mol. The van der Waals surface area contributed by atoms with E-state index in [4.69, 9.17) is 0 Å². The average Bonchev–Trinajstić information content (AvgIpc) is 3.00. The Morgan fingerprint density at radius 2 is 1.68 bits per heavy atom. The quantitative estimate of drug-likeness (QED) is 0.771. The molecular formula is C16H12FNO2S2. The van der Waals surface area contributed by atoms with Crippen LogP contribution in [0.5, 0.6) is 0 Å². The zero-order valence-corrected chi connectivity index (χ0v) is 13.0. The molecule has 112 valence electrons. The maximum absolute atomic E-state index is 14.7. The van der Waals surface area contributed by atoms with Crippen LogP contribution in [-0.2, 0) is 10.0 Å². The van der Waals surface area contributed by atoms with E-state index < -0.39 is 15.8 Å². The van der Waals surface area contributed by atoms with Crippen LogP contribution in [0.25, 0.3) is 11.1 Å². The molecule has 3 rings (SSSR count). The van der Waals surface area contributed by atoms with Crippen molar-refractivity contribution in [3.63, 3.8) is 0 Å². The largest absolute Gasteiger partial charge is 0.270 e. The van der Waals surface area contributed by atoms with E-state index in [0.29, 0.717) is 10.6 Å². The van der Waals surface area contributed by atoms with Crippen molar-refractivity contribution >= 4 is 26.4 Å². The van der Waals surface area contributed by atoms with E-state index >= 15 is 0 Å². The lowest BCUT2D eigenvalue weighted by molar-refractivity contribution is 0.572. The minimum Gasteiger partial charge on any atom is -0.270 e. The van der Waals surface area contributed by atoms with Crippen LogP contribution in [0.3, 0.4) is 0 Å². The van der Waals surface area contributed by atoms with E-state index in [9.17, 15) is 12.8 Å². The van der Waals surface area contributed by atoms with Gasteiger partial charge < -0.3 is 0 Å². The van der Waals surface area contributed by atoms with Crippen LogP contribution in [0.2, 0.25) is 0 Å². The molecule has 0 saturated heterocycles. The lowest BCUT2D eigenvalue weighted by Gasteiger charge is -2.10. The molecule has 0 atom stereocenters. The van der Waals surface area contributed by atoms with Gasteiger partial charge in [-0.3, -0.25) is 4.72 Å². The normalized spacial score (nSPS) is 11.3. The first-order valence-electron chi connectivity index (χ1n) is 6.48. The number of hydrogen-bond acceptors (Lipinski definition) is 3. The third-order valence-electron chi connectivity index (χ3n) is 3.09. The van der Waals surface area contributed by atoms with Gasteiger partial charge in [0.15, 0.2) is 5.82 Å². The number of rotatable bonds is 4. The predicted octanol–water partition coefficient (Wildman–Crippen LogP) is 4.36. The Kier molecular flexibility index (Phi) is 3.96. The van der Waals surface area contributed by atoms with Crippen molar-refractivity contribution in [3.8, 4) is 11.1 Å². The van der Waals surface area contributed by atoms with Gasteiger partial charge >= 0.3 is 0 Å². The fraction of sp³-hybridized carbons (Fsp3) is 0. The van der Waals surface area contributed by atoms with Gasteiger partial charge in [0.25, 0.3) is 10.0 Å². The van der Waals surface area contributed by atoms with E-state index in [1.807, 2.05) is 6.07 Å². The maximum Gasteiger partial charge on any atom is 0.265 e. The van der Waals surface area contributed by atoms with Gasteiger partial charge in [-0.15, -0.1) is 11.3 Å². The van der Waals surface area contributed by atoms with E-state index in [-0.39, 0.29) is 10.5 Å². The second kappa shape index (κ2) is 5.90. The SMILES string of the molecule is O=S(=O)(Nc1cccs1)c1cccc(-c2ccccc2)c1F. The summed E-state index contributed by atoms with van der Waals surface area (Å²) in [5.74, 6) is -0.752. The van der Waals surface area contributed by atoms with E-state index in [0.717, 1.165) is 0 Å². The predicted molar refractivity (Wildman–Crippen MR) is 87.0 cm³/mol. The first-order valence-corrected chi connectivity index (χ1v) is 8.84. The number of anilines is 1. The third kappa shape index (κ3) is 2.88. The average molecular weight is 333 g/mol. The molecule has 0 saturated carbocycles. The standard InChI is InChI=1S/C16H12FNO2S2/c17-16-13(12-6-2-1-3-7-12)8-4-9-14(16)22(19,20)18-15-10-5-11-21-15/h1-11,18H. The summed E-state index contributed by atoms with van der Waals surface area (Å²) in [5.41, 5.74) is 0.892. The molecule has 3 aromatic rings. The fourth-order valence-corrected chi connectivity index (χ4v) is 4.11.